The van der Waals surface area contributed by atoms with Crippen LogP contribution < -0.4 is 5.32 Å². The quantitative estimate of drug-likeness (QED) is 0.934. The molecule has 1 saturated heterocycles. The molecule has 1 aliphatic heterocycles. The van der Waals surface area contributed by atoms with E-state index in [2.05, 4.69) is 20.4 Å². The second-order valence-corrected chi connectivity index (χ2v) is 6.35. The van der Waals surface area contributed by atoms with E-state index in [4.69, 9.17) is 4.42 Å². The summed E-state index contributed by atoms with van der Waals surface area (Å²) in [5.41, 5.74) is 0. The van der Waals surface area contributed by atoms with Crippen molar-refractivity contribution in [3.05, 3.63) is 34.2 Å². The number of aromatic nitrogens is 2. The van der Waals surface area contributed by atoms with Crippen LogP contribution in [0.15, 0.2) is 21.9 Å². The first-order chi connectivity index (χ1) is 10.1. The molecule has 0 saturated carbocycles. The van der Waals surface area contributed by atoms with Gasteiger partial charge in [0.1, 0.15) is 6.04 Å². The second-order valence-electron chi connectivity index (χ2n) is 5.37. The van der Waals surface area contributed by atoms with Gasteiger partial charge in [0.05, 0.1) is 6.54 Å². The van der Waals surface area contributed by atoms with Crippen molar-refractivity contribution >= 4 is 17.2 Å². The van der Waals surface area contributed by atoms with Crippen LogP contribution in [0, 0.1) is 0 Å². The Morgan fingerprint density at radius 1 is 1.52 bits per heavy atom. The van der Waals surface area contributed by atoms with Crippen molar-refractivity contribution in [1.82, 2.24) is 20.4 Å². The molecule has 1 fully saturated rings. The van der Waals surface area contributed by atoms with E-state index >= 15 is 0 Å². The van der Waals surface area contributed by atoms with Crippen molar-refractivity contribution in [2.24, 2.45) is 0 Å². The zero-order chi connectivity index (χ0) is 14.8. The van der Waals surface area contributed by atoms with E-state index in [1.54, 1.807) is 11.3 Å². The highest BCUT2D eigenvalue weighted by Gasteiger charge is 2.32. The first-order valence-electron chi connectivity index (χ1n) is 7.02. The summed E-state index contributed by atoms with van der Waals surface area (Å²) >= 11 is 1.59. The molecule has 2 aromatic heterocycles. The Morgan fingerprint density at radius 2 is 2.38 bits per heavy atom. The number of carbonyl (C=O) groups is 1. The predicted molar refractivity (Wildman–Crippen MR) is 78.9 cm³/mol. The molecule has 0 bridgehead atoms. The third kappa shape index (κ3) is 2.98. The maximum atomic E-state index is 12.2. The average Bonchev–Trinajstić information content (AvgIpc) is 3.10. The Bertz CT molecular complexity index is 608. The number of rotatable bonds is 4. The molecule has 7 heteroatoms. The van der Waals surface area contributed by atoms with Crippen LogP contribution in [-0.4, -0.2) is 34.1 Å². The van der Waals surface area contributed by atoms with Gasteiger partial charge < -0.3 is 9.73 Å². The first-order valence-corrected chi connectivity index (χ1v) is 7.90. The summed E-state index contributed by atoms with van der Waals surface area (Å²) in [7, 11) is 0. The molecule has 1 N–H and O–H groups in total. The van der Waals surface area contributed by atoms with Gasteiger partial charge in [0.25, 0.3) is 0 Å². The lowest BCUT2D eigenvalue weighted by Gasteiger charge is -2.33. The topological polar surface area (TPSA) is 71.3 Å². The number of nitrogens with one attached hydrogen (secondary N) is 1. The van der Waals surface area contributed by atoms with Crippen LogP contribution in [-0.2, 0) is 11.3 Å². The lowest BCUT2D eigenvalue weighted by atomic mass is 10.1. The summed E-state index contributed by atoms with van der Waals surface area (Å²) in [6.07, 6.45) is 0. The maximum Gasteiger partial charge on any atom is 0.242 e. The number of carbonyl (C=O) groups excluding carboxylic acids is 1. The predicted octanol–water partition coefficient (Wildman–Crippen LogP) is 1.93. The lowest BCUT2D eigenvalue weighted by Crippen LogP contribution is -2.49. The van der Waals surface area contributed by atoms with E-state index in [9.17, 15) is 4.79 Å². The van der Waals surface area contributed by atoms with E-state index in [-0.39, 0.29) is 17.9 Å². The minimum atomic E-state index is -0.270. The van der Waals surface area contributed by atoms with Crippen molar-refractivity contribution in [3.8, 4) is 0 Å². The zero-order valence-corrected chi connectivity index (χ0v) is 12.9. The van der Waals surface area contributed by atoms with Crippen molar-refractivity contribution in [2.75, 3.05) is 13.1 Å². The molecule has 21 heavy (non-hydrogen) atoms. The number of amides is 1. The Balaban J connectivity index is 1.79. The zero-order valence-electron chi connectivity index (χ0n) is 12.1. The monoisotopic (exact) mass is 306 g/mol. The highest BCUT2D eigenvalue weighted by Crippen LogP contribution is 2.28. The van der Waals surface area contributed by atoms with Gasteiger partial charge in [-0.2, -0.15) is 0 Å². The van der Waals surface area contributed by atoms with Crippen LogP contribution in [0.1, 0.15) is 42.5 Å². The molecule has 1 amide bonds. The number of piperazine rings is 1. The van der Waals surface area contributed by atoms with Crippen LogP contribution in [0.5, 0.6) is 0 Å². The average molecular weight is 306 g/mol. The third-order valence-corrected chi connectivity index (χ3v) is 4.36. The fourth-order valence-electron chi connectivity index (χ4n) is 2.38. The van der Waals surface area contributed by atoms with Gasteiger partial charge in [0.15, 0.2) is 0 Å². The van der Waals surface area contributed by atoms with Gasteiger partial charge in [-0.25, -0.2) is 0 Å². The molecule has 3 heterocycles. The van der Waals surface area contributed by atoms with E-state index in [0.29, 0.717) is 24.9 Å². The van der Waals surface area contributed by atoms with Gasteiger partial charge in [-0.05, 0) is 11.4 Å². The minimum absolute atomic E-state index is 0.0345. The molecule has 6 nitrogen and oxygen atoms in total. The summed E-state index contributed by atoms with van der Waals surface area (Å²) in [4.78, 5) is 15.3. The Hall–Kier alpha value is -1.73. The fraction of sp³-hybridized carbons (Fsp3) is 0.500. The standard InChI is InChI=1S/C14H18N4O2S/c1-9(2)14-17-16-11(20-14)8-18-6-5-15-13(19)12(18)10-4-3-7-21-10/h3-4,7,9,12H,5-6,8H2,1-2H3,(H,15,19)/t12-/m1/s1. The molecule has 0 aromatic carbocycles. The number of hydrogen-bond donors (Lipinski definition) is 1. The van der Waals surface area contributed by atoms with E-state index in [1.807, 2.05) is 31.4 Å². The number of hydrogen-bond acceptors (Lipinski definition) is 6. The summed E-state index contributed by atoms with van der Waals surface area (Å²) in [6.45, 7) is 5.94. The van der Waals surface area contributed by atoms with Gasteiger partial charge >= 0.3 is 0 Å². The molecule has 0 radical (unpaired) electrons. The highest BCUT2D eigenvalue weighted by molar-refractivity contribution is 7.10. The van der Waals surface area contributed by atoms with Crippen LogP contribution in [0.2, 0.25) is 0 Å². The molecular weight excluding hydrogens is 288 g/mol. The largest absolute Gasteiger partial charge is 0.424 e. The van der Waals surface area contributed by atoms with Gasteiger partial charge in [-0.3, -0.25) is 9.69 Å². The molecule has 0 aliphatic carbocycles. The Kier molecular flexibility index (Phi) is 4.03. The SMILES string of the molecule is CC(C)c1nnc(CN2CCNC(=O)[C@H]2c2cccs2)o1. The molecule has 112 valence electrons. The normalized spacial score (nSPS) is 20.0. The van der Waals surface area contributed by atoms with E-state index < -0.39 is 0 Å². The minimum Gasteiger partial charge on any atom is -0.424 e. The molecule has 1 aliphatic rings. The van der Waals surface area contributed by atoms with E-state index in [1.165, 1.54) is 0 Å². The Morgan fingerprint density at radius 3 is 3.05 bits per heavy atom. The summed E-state index contributed by atoms with van der Waals surface area (Å²) in [6, 6.07) is 3.68. The molecule has 2 aromatic rings. The number of nitrogens with zero attached hydrogens (tertiary/aromatic N) is 3. The smallest absolute Gasteiger partial charge is 0.242 e. The van der Waals surface area contributed by atoms with Crippen molar-refractivity contribution in [3.63, 3.8) is 0 Å². The van der Waals surface area contributed by atoms with Crippen LogP contribution in [0.25, 0.3) is 0 Å². The second kappa shape index (κ2) is 5.95. The summed E-state index contributed by atoms with van der Waals surface area (Å²) < 4.78 is 5.66. The Labute approximate surface area is 127 Å². The maximum absolute atomic E-state index is 12.2. The van der Waals surface area contributed by atoms with Gasteiger partial charge in [-0.15, -0.1) is 21.5 Å². The molecular formula is C14H18N4O2S. The third-order valence-electron chi connectivity index (χ3n) is 3.44. The van der Waals surface area contributed by atoms with Crippen LogP contribution in [0.3, 0.4) is 0 Å². The molecule has 1 atom stereocenters. The number of thiophene rings is 1. The van der Waals surface area contributed by atoms with Gasteiger partial charge in [0.2, 0.25) is 17.7 Å². The first kappa shape index (κ1) is 14.2. The fourth-order valence-corrected chi connectivity index (χ4v) is 3.23. The van der Waals surface area contributed by atoms with Crippen LogP contribution in [0.4, 0.5) is 0 Å². The highest BCUT2D eigenvalue weighted by atomic mass is 32.1. The van der Waals surface area contributed by atoms with Crippen molar-refractivity contribution in [1.29, 1.82) is 0 Å². The van der Waals surface area contributed by atoms with E-state index in [0.717, 1.165) is 11.4 Å². The summed E-state index contributed by atoms with van der Waals surface area (Å²) in [5, 5.41) is 13.0. The van der Waals surface area contributed by atoms with Crippen LogP contribution >= 0.6 is 11.3 Å². The van der Waals surface area contributed by atoms with Crippen molar-refractivity contribution in [2.45, 2.75) is 32.4 Å². The molecule has 0 spiro atoms. The summed E-state index contributed by atoms with van der Waals surface area (Å²) in [5.74, 6) is 1.45. The van der Waals surface area contributed by atoms with Gasteiger partial charge in [-0.1, -0.05) is 19.9 Å². The molecule has 0 unspecified atom stereocenters. The lowest BCUT2D eigenvalue weighted by molar-refractivity contribution is -0.129. The van der Waals surface area contributed by atoms with Crippen molar-refractivity contribution < 1.29 is 9.21 Å². The molecule has 3 rings (SSSR count). The van der Waals surface area contributed by atoms with Gasteiger partial charge in [0, 0.05) is 23.9 Å².